The van der Waals surface area contributed by atoms with Gasteiger partial charge in [-0.25, -0.2) is 0 Å². The fraction of sp³-hybridized carbons (Fsp3) is 0.0909. The summed E-state index contributed by atoms with van der Waals surface area (Å²) in [6, 6.07) is 24.8. The van der Waals surface area contributed by atoms with E-state index >= 15 is 0 Å². The van der Waals surface area contributed by atoms with E-state index < -0.39 is 0 Å². The molecule has 27 heavy (non-hydrogen) atoms. The van der Waals surface area contributed by atoms with Crippen LogP contribution in [0.2, 0.25) is 0 Å². The number of hydrogen-bond donors (Lipinski definition) is 1. The fourth-order valence-electron chi connectivity index (χ4n) is 2.49. The minimum absolute atomic E-state index is 0.295. The van der Waals surface area contributed by atoms with E-state index in [1.807, 2.05) is 66.7 Å². The Labute approximate surface area is 158 Å². The van der Waals surface area contributed by atoms with Gasteiger partial charge in [0.2, 0.25) is 0 Å². The zero-order chi connectivity index (χ0) is 18.9. The van der Waals surface area contributed by atoms with Crippen molar-refractivity contribution in [3.63, 3.8) is 0 Å². The molecule has 0 spiro atoms. The van der Waals surface area contributed by atoms with Crippen LogP contribution < -0.4 is 14.9 Å². The SMILES string of the molecule is COc1cc(C=NNc2ccccc2)ccc1OCc1ccccc1C#N. The number of nitrogens with zero attached hydrogens (tertiary/aromatic N) is 2. The zero-order valence-electron chi connectivity index (χ0n) is 14.9. The van der Waals surface area contributed by atoms with Crippen LogP contribution in [-0.4, -0.2) is 13.3 Å². The normalized spacial score (nSPS) is 10.4. The average Bonchev–Trinajstić information content (AvgIpc) is 2.73. The lowest BCUT2D eigenvalue weighted by atomic mass is 10.1. The van der Waals surface area contributed by atoms with Crippen molar-refractivity contribution in [3.05, 3.63) is 89.5 Å². The third-order valence-electron chi connectivity index (χ3n) is 3.89. The number of rotatable bonds is 7. The van der Waals surface area contributed by atoms with Crippen molar-refractivity contribution in [2.45, 2.75) is 6.61 Å². The van der Waals surface area contributed by atoms with Gasteiger partial charge >= 0.3 is 0 Å². The van der Waals surface area contributed by atoms with E-state index in [1.165, 1.54) is 0 Å². The molecule has 3 aromatic rings. The molecule has 0 saturated heterocycles. The molecule has 0 fully saturated rings. The Bertz CT molecular complexity index is 963. The number of ether oxygens (including phenoxy) is 2. The van der Waals surface area contributed by atoms with Gasteiger partial charge in [0.25, 0.3) is 0 Å². The van der Waals surface area contributed by atoms with Crippen LogP contribution in [0, 0.1) is 11.3 Å². The molecule has 0 saturated carbocycles. The second-order valence-electron chi connectivity index (χ2n) is 5.70. The molecule has 3 aromatic carbocycles. The smallest absolute Gasteiger partial charge is 0.161 e. The van der Waals surface area contributed by atoms with E-state index in [1.54, 1.807) is 19.4 Å². The lowest BCUT2D eigenvalue weighted by Crippen LogP contribution is -2.00. The molecular weight excluding hydrogens is 338 g/mol. The summed E-state index contributed by atoms with van der Waals surface area (Å²) < 4.78 is 11.3. The van der Waals surface area contributed by atoms with Crippen LogP contribution in [0.25, 0.3) is 0 Å². The summed E-state index contributed by atoms with van der Waals surface area (Å²) in [5.74, 6) is 1.21. The van der Waals surface area contributed by atoms with E-state index in [-0.39, 0.29) is 0 Å². The Morgan fingerprint density at radius 1 is 1.00 bits per heavy atom. The van der Waals surface area contributed by atoms with Gasteiger partial charge in [-0.2, -0.15) is 10.4 Å². The first-order chi connectivity index (χ1) is 13.3. The molecule has 3 rings (SSSR count). The third kappa shape index (κ3) is 4.86. The summed E-state index contributed by atoms with van der Waals surface area (Å²) in [7, 11) is 1.59. The number of hydrazone groups is 1. The number of para-hydroxylation sites is 1. The highest BCUT2D eigenvalue weighted by molar-refractivity contribution is 5.81. The van der Waals surface area contributed by atoms with E-state index in [2.05, 4.69) is 16.6 Å². The van der Waals surface area contributed by atoms with Crippen LogP contribution in [0.15, 0.2) is 77.9 Å². The summed E-state index contributed by atoms with van der Waals surface area (Å²) in [5.41, 5.74) is 6.20. The molecule has 5 nitrogen and oxygen atoms in total. The molecule has 0 aliphatic rings. The number of anilines is 1. The van der Waals surface area contributed by atoms with Crippen molar-refractivity contribution < 1.29 is 9.47 Å². The second-order valence-corrected chi connectivity index (χ2v) is 5.70. The second kappa shape index (κ2) is 9.07. The Hall–Kier alpha value is -3.78. The molecule has 0 bridgehead atoms. The van der Waals surface area contributed by atoms with E-state index in [4.69, 9.17) is 14.7 Å². The first-order valence-electron chi connectivity index (χ1n) is 8.43. The maximum Gasteiger partial charge on any atom is 0.161 e. The summed E-state index contributed by atoms with van der Waals surface area (Å²) >= 11 is 0. The van der Waals surface area contributed by atoms with Gasteiger partial charge < -0.3 is 9.47 Å². The molecule has 134 valence electrons. The molecule has 0 radical (unpaired) electrons. The predicted molar refractivity (Wildman–Crippen MR) is 106 cm³/mol. The Morgan fingerprint density at radius 2 is 1.78 bits per heavy atom. The summed E-state index contributed by atoms with van der Waals surface area (Å²) in [6.07, 6.45) is 1.71. The lowest BCUT2D eigenvalue weighted by Gasteiger charge is -2.12. The minimum Gasteiger partial charge on any atom is -0.493 e. The van der Waals surface area contributed by atoms with Crippen molar-refractivity contribution in [1.82, 2.24) is 0 Å². The first kappa shape index (κ1) is 18.0. The summed E-state index contributed by atoms with van der Waals surface area (Å²) in [5, 5.41) is 13.4. The van der Waals surface area contributed by atoms with Crippen molar-refractivity contribution in [3.8, 4) is 17.6 Å². The number of hydrogen-bond acceptors (Lipinski definition) is 5. The fourth-order valence-corrected chi connectivity index (χ4v) is 2.49. The van der Waals surface area contributed by atoms with E-state index in [9.17, 15) is 0 Å². The summed E-state index contributed by atoms with van der Waals surface area (Å²) in [4.78, 5) is 0. The molecule has 0 amide bonds. The number of nitriles is 1. The van der Waals surface area contributed by atoms with Crippen molar-refractivity contribution >= 4 is 11.9 Å². The van der Waals surface area contributed by atoms with Gasteiger partial charge in [-0.05, 0) is 42.0 Å². The van der Waals surface area contributed by atoms with Crippen LogP contribution in [0.1, 0.15) is 16.7 Å². The predicted octanol–water partition coefficient (Wildman–Crippen LogP) is 4.59. The van der Waals surface area contributed by atoms with Crippen LogP contribution in [-0.2, 0) is 6.61 Å². The lowest BCUT2D eigenvalue weighted by molar-refractivity contribution is 0.284. The van der Waals surface area contributed by atoms with Gasteiger partial charge in [0.15, 0.2) is 11.5 Å². The van der Waals surface area contributed by atoms with Gasteiger partial charge in [0.1, 0.15) is 6.61 Å². The molecule has 5 heteroatoms. The molecule has 0 aliphatic carbocycles. The molecule has 1 N–H and O–H groups in total. The van der Waals surface area contributed by atoms with Gasteiger partial charge in [-0.15, -0.1) is 0 Å². The molecule has 0 atom stereocenters. The number of nitrogens with one attached hydrogen (secondary N) is 1. The Kier molecular flexibility index (Phi) is 6.05. The first-order valence-corrected chi connectivity index (χ1v) is 8.43. The molecule has 0 heterocycles. The number of methoxy groups -OCH3 is 1. The van der Waals surface area contributed by atoms with E-state index in [0.29, 0.717) is 23.7 Å². The topological polar surface area (TPSA) is 66.6 Å². The van der Waals surface area contributed by atoms with Crippen LogP contribution in [0.5, 0.6) is 11.5 Å². The zero-order valence-corrected chi connectivity index (χ0v) is 14.9. The van der Waals surface area contributed by atoms with Crippen molar-refractivity contribution in [2.24, 2.45) is 5.10 Å². The van der Waals surface area contributed by atoms with E-state index in [0.717, 1.165) is 16.8 Å². The largest absolute Gasteiger partial charge is 0.493 e. The minimum atomic E-state index is 0.295. The maximum absolute atomic E-state index is 9.17. The van der Waals surface area contributed by atoms with Crippen LogP contribution >= 0.6 is 0 Å². The van der Waals surface area contributed by atoms with Crippen molar-refractivity contribution in [2.75, 3.05) is 12.5 Å². The highest BCUT2D eigenvalue weighted by Gasteiger charge is 2.07. The van der Waals surface area contributed by atoms with Gasteiger partial charge in [-0.1, -0.05) is 36.4 Å². The molecule has 0 aliphatic heterocycles. The van der Waals surface area contributed by atoms with Gasteiger partial charge in [0.05, 0.1) is 30.6 Å². The molecule has 0 unspecified atom stereocenters. The third-order valence-corrected chi connectivity index (χ3v) is 3.89. The van der Waals surface area contributed by atoms with Crippen molar-refractivity contribution in [1.29, 1.82) is 5.26 Å². The molecular formula is C22H19N3O2. The maximum atomic E-state index is 9.17. The highest BCUT2D eigenvalue weighted by Crippen LogP contribution is 2.28. The highest BCUT2D eigenvalue weighted by atomic mass is 16.5. The average molecular weight is 357 g/mol. The quantitative estimate of drug-likeness (QED) is 0.496. The Balaban J connectivity index is 1.68. The Morgan fingerprint density at radius 3 is 2.56 bits per heavy atom. The van der Waals surface area contributed by atoms with Gasteiger partial charge in [0, 0.05) is 5.56 Å². The molecule has 0 aromatic heterocycles. The summed E-state index contributed by atoms with van der Waals surface area (Å²) in [6.45, 7) is 0.295. The van der Waals surface area contributed by atoms with Crippen LogP contribution in [0.3, 0.4) is 0 Å². The van der Waals surface area contributed by atoms with Crippen LogP contribution in [0.4, 0.5) is 5.69 Å². The number of benzene rings is 3. The monoisotopic (exact) mass is 357 g/mol. The standard InChI is InChI=1S/C22H19N3O2/c1-26-22-13-17(15-24-25-20-9-3-2-4-10-20)11-12-21(22)27-16-19-8-6-5-7-18(19)14-23/h2-13,15,25H,16H2,1H3. The van der Waals surface area contributed by atoms with Gasteiger partial charge in [-0.3, -0.25) is 5.43 Å².